The molecule has 3 aliphatic rings. The summed E-state index contributed by atoms with van der Waals surface area (Å²) in [6, 6.07) is 9.51. The fourth-order valence-electron chi connectivity index (χ4n) is 5.19. The van der Waals surface area contributed by atoms with Crippen molar-refractivity contribution in [1.82, 2.24) is 4.98 Å². The van der Waals surface area contributed by atoms with Crippen molar-refractivity contribution >= 4 is 16.7 Å². The van der Waals surface area contributed by atoms with Crippen LogP contribution in [0.1, 0.15) is 56.1 Å². The first-order chi connectivity index (χ1) is 13.2. The van der Waals surface area contributed by atoms with Crippen molar-refractivity contribution in [3.05, 3.63) is 35.4 Å². The first kappa shape index (κ1) is 17.4. The SMILES string of the molecule is OC1CCC(CCc2ccc3cc4c(nc3c2)N[C@H](C2CCC2)CC4)C1O. The van der Waals surface area contributed by atoms with Crippen LogP contribution < -0.4 is 5.32 Å². The molecule has 2 heterocycles. The van der Waals surface area contributed by atoms with Crippen molar-refractivity contribution in [1.29, 1.82) is 0 Å². The molecule has 4 nitrogen and oxygen atoms in total. The second kappa shape index (κ2) is 7.06. The highest BCUT2D eigenvalue weighted by Gasteiger charge is 2.33. The van der Waals surface area contributed by atoms with Gasteiger partial charge in [-0.15, -0.1) is 0 Å². The van der Waals surface area contributed by atoms with Gasteiger partial charge in [0.05, 0.1) is 17.7 Å². The number of nitrogens with zero attached hydrogens (tertiary/aromatic N) is 1. The van der Waals surface area contributed by atoms with Crippen LogP contribution in [0.4, 0.5) is 5.82 Å². The molecule has 3 N–H and O–H groups in total. The Morgan fingerprint density at radius 3 is 2.67 bits per heavy atom. The number of hydrogen-bond acceptors (Lipinski definition) is 4. The van der Waals surface area contributed by atoms with Crippen LogP contribution in [0.15, 0.2) is 24.3 Å². The number of pyridine rings is 1. The van der Waals surface area contributed by atoms with E-state index in [1.54, 1.807) is 0 Å². The molecule has 0 bridgehead atoms. The van der Waals surface area contributed by atoms with E-state index in [0.29, 0.717) is 6.04 Å². The van der Waals surface area contributed by atoms with Crippen LogP contribution in [0.2, 0.25) is 0 Å². The molecule has 0 amide bonds. The fourth-order valence-corrected chi connectivity index (χ4v) is 5.19. The standard InChI is InChI=1S/C23H30N2O2/c26-21-11-9-16(22(21)27)6-4-14-5-7-17-13-18-8-10-19(15-2-1-3-15)24-23(18)25-20(17)12-14/h5,7,12-13,15-16,19,21-22,26-27H,1-4,6,8-11H2,(H,24,25)/t16?,19-,21?,22?/m0/s1. The maximum atomic E-state index is 10.1. The molecule has 27 heavy (non-hydrogen) atoms. The largest absolute Gasteiger partial charge is 0.390 e. The molecule has 1 aliphatic heterocycles. The summed E-state index contributed by atoms with van der Waals surface area (Å²) in [4.78, 5) is 4.97. The first-order valence-corrected chi connectivity index (χ1v) is 10.7. The zero-order valence-corrected chi connectivity index (χ0v) is 15.9. The molecule has 2 fully saturated rings. The Balaban J connectivity index is 1.32. The Hall–Kier alpha value is -1.65. The third kappa shape index (κ3) is 3.34. The normalized spacial score (nSPS) is 30.7. The molecule has 1 aromatic heterocycles. The van der Waals surface area contributed by atoms with Crippen LogP contribution in [0.3, 0.4) is 0 Å². The fraction of sp³-hybridized carbons (Fsp3) is 0.609. The Kier molecular flexibility index (Phi) is 4.57. The summed E-state index contributed by atoms with van der Waals surface area (Å²) in [7, 11) is 0. The number of nitrogens with one attached hydrogen (secondary N) is 1. The minimum absolute atomic E-state index is 0.220. The quantitative estimate of drug-likeness (QED) is 0.769. The average Bonchev–Trinajstić information content (AvgIpc) is 2.95. The van der Waals surface area contributed by atoms with Gasteiger partial charge in [0.2, 0.25) is 0 Å². The molecule has 0 saturated heterocycles. The maximum absolute atomic E-state index is 10.1. The Labute approximate surface area is 161 Å². The third-order valence-corrected chi connectivity index (χ3v) is 7.24. The second-order valence-corrected chi connectivity index (χ2v) is 8.94. The van der Waals surface area contributed by atoms with Gasteiger partial charge in [0.15, 0.2) is 0 Å². The number of hydrogen-bond donors (Lipinski definition) is 3. The topological polar surface area (TPSA) is 65.4 Å². The van der Waals surface area contributed by atoms with Gasteiger partial charge in [-0.2, -0.15) is 0 Å². The van der Waals surface area contributed by atoms with Gasteiger partial charge in [0, 0.05) is 11.4 Å². The van der Waals surface area contributed by atoms with E-state index in [0.717, 1.165) is 49.4 Å². The van der Waals surface area contributed by atoms with Gasteiger partial charge in [0.1, 0.15) is 5.82 Å². The molecule has 2 saturated carbocycles. The van der Waals surface area contributed by atoms with E-state index in [-0.39, 0.29) is 5.92 Å². The molecule has 0 radical (unpaired) electrons. The Bertz CT molecular complexity index is 832. The highest BCUT2D eigenvalue weighted by atomic mass is 16.3. The van der Waals surface area contributed by atoms with E-state index in [2.05, 4.69) is 29.6 Å². The predicted octanol–water partition coefficient (Wildman–Crippen LogP) is 3.83. The molecule has 5 rings (SSSR count). The molecule has 1 aromatic carbocycles. The van der Waals surface area contributed by atoms with Crippen LogP contribution in [-0.4, -0.2) is 33.4 Å². The number of rotatable bonds is 4. The van der Waals surface area contributed by atoms with Crippen molar-refractivity contribution < 1.29 is 10.2 Å². The molecule has 144 valence electrons. The van der Waals surface area contributed by atoms with E-state index < -0.39 is 12.2 Å². The van der Waals surface area contributed by atoms with E-state index in [1.807, 2.05) is 0 Å². The Morgan fingerprint density at radius 2 is 1.93 bits per heavy atom. The van der Waals surface area contributed by atoms with Crippen molar-refractivity contribution in [3.63, 3.8) is 0 Å². The minimum Gasteiger partial charge on any atom is -0.390 e. The van der Waals surface area contributed by atoms with Gasteiger partial charge in [-0.1, -0.05) is 18.6 Å². The van der Waals surface area contributed by atoms with Crippen LogP contribution >= 0.6 is 0 Å². The van der Waals surface area contributed by atoms with Crippen molar-refractivity contribution in [2.24, 2.45) is 11.8 Å². The number of anilines is 1. The van der Waals surface area contributed by atoms with Gasteiger partial charge in [0.25, 0.3) is 0 Å². The number of aliphatic hydroxyl groups is 2. The second-order valence-electron chi connectivity index (χ2n) is 8.94. The van der Waals surface area contributed by atoms with E-state index in [1.165, 1.54) is 42.2 Å². The number of benzene rings is 1. The van der Waals surface area contributed by atoms with Gasteiger partial charge >= 0.3 is 0 Å². The third-order valence-electron chi connectivity index (χ3n) is 7.24. The summed E-state index contributed by atoms with van der Waals surface area (Å²) in [5.41, 5.74) is 3.70. The van der Waals surface area contributed by atoms with Gasteiger partial charge in [-0.05, 0) is 86.5 Å². The van der Waals surface area contributed by atoms with E-state index in [9.17, 15) is 10.2 Å². The molecular weight excluding hydrogens is 336 g/mol. The monoisotopic (exact) mass is 366 g/mol. The number of fused-ring (bicyclic) bond motifs is 2. The highest BCUT2D eigenvalue weighted by molar-refractivity contribution is 5.82. The summed E-state index contributed by atoms with van der Waals surface area (Å²) in [5, 5.41) is 24.7. The molecule has 4 atom stereocenters. The van der Waals surface area contributed by atoms with Crippen LogP contribution in [0.25, 0.3) is 10.9 Å². The lowest BCUT2D eigenvalue weighted by Crippen LogP contribution is -2.37. The lowest BCUT2D eigenvalue weighted by molar-refractivity contribution is 0.0189. The summed E-state index contributed by atoms with van der Waals surface area (Å²) in [6.07, 6.45) is 8.92. The van der Waals surface area contributed by atoms with Crippen LogP contribution in [0, 0.1) is 11.8 Å². The first-order valence-electron chi connectivity index (χ1n) is 10.7. The summed E-state index contributed by atoms with van der Waals surface area (Å²) < 4.78 is 0. The van der Waals surface area contributed by atoms with Crippen LogP contribution in [-0.2, 0) is 12.8 Å². The zero-order chi connectivity index (χ0) is 18.4. The van der Waals surface area contributed by atoms with Gasteiger partial charge in [-0.25, -0.2) is 4.98 Å². The van der Waals surface area contributed by atoms with Gasteiger partial charge < -0.3 is 15.5 Å². The number of aryl methyl sites for hydroxylation is 2. The van der Waals surface area contributed by atoms with Crippen molar-refractivity contribution in [3.8, 4) is 0 Å². The van der Waals surface area contributed by atoms with E-state index in [4.69, 9.17) is 4.98 Å². The Morgan fingerprint density at radius 1 is 1.04 bits per heavy atom. The average molecular weight is 367 g/mol. The molecule has 4 heteroatoms. The smallest absolute Gasteiger partial charge is 0.130 e. The number of aliphatic hydroxyl groups excluding tert-OH is 2. The lowest BCUT2D eigenvalue weighted by Gasteiger charge is -2.37. The molecule has 3 unspecified atom stereocenters. The van der Waals surface area contributed by atoms with Crippen molar-refractivity contribution in [2.45, 2.75) is 76.0 Å². The molecular formula is C23H30N2O2. The van der Waals surface area contributed by atoms with Crippen LogP contribution in [0.5, 0.6) is 0 Å². The summed E-state index contributed by atoms with van der Waals surface area (Å²) in [6.45, 7) is 0. The lowest BCUT2D eigenvalue weighted by atomic mass is 9.77. The molecule has 2 aliphatic carbocycles. The maximum Gasteiger partial charge on any atom is 0.130 e. The molecule has 2 aromatic rings. The highest BCUT2D eigenvalue weighted by Crippen LogP contribution is 2.37. The predicted molar refractivity (Wildman–Crippen MR) is 108 cm³/mol. The van der Waals surface area contributed by atoms with Crippen molar-refractivity contribution in [2.75, 3.05) is 5.32 Å². The summed E-state index contributed by atoms with van der Waals surface area (Å²) in [5.74, 6) is 2.16. The minimum atomic E-state index is -0.553. The van der Waals surface area contributed by atoms with Gasteiger partial charge in [-0.3, -0.25) is 0 Å². The molecule has 0 spiro atoms. The summed E-state index contributed by atoms with van der Waals surface area (Å²) >= 11 is 0. The van der Waals surface area contributed by atoms with E-state index >= 15 is 0 Å². The zero-order valence-electron chi connectivity index (χ0n) is 15.9. The number of aromatic nitrogens is 1.